The van der Waals surface area contributed by atoms with Gasteiger partial charge in [0.05, 0.1) is 19.2 Å². The van der Waals surface area contributed by atoms with E-state index < -0.39 is 5.41 Å². The van der Waals surface area contributed by atoms with Crippen LogP contribution in [0, 0.1) is 5.41 Å². The van der Waals surface area contributed by atoms with E-state index in [2.05, 4.69) is 10.3 Å². The van der Waals surface area contributed by atoms with Crippen LogP contribution >= 0.6 is 11.6 Å². The number of hydrogen-bond acceptors (Lipinski definition) is 3. The molecule has 0 fully saturated rings. The number of H-pyrrole nitrogens is 1. The first kappa shape index (κ1) is 14.6. The van der Waals surface area contributed by atoms with Crippen LogP contribution in [0.1, 0.15) is 26.3 Å². The number of carbonyl (C=O) groups excluding carboxylic acids is 1. The molecule has 0 atom stereocenters. The van der Waals surface area contributed by atoms with Crippen LogP contribution in [-0.2, 0) is 11.3 Å². The largest absolute Gasteiger partial charge is 0.482 e. The number of amides is 1. The normalized spacial score (nSPS) is 11.2. The molecule has 18 heavy (non-hydrogen) atoms. The second kappa shape index (κ2) is 5.44. The van der Waals surface area contributed by atoms with Gasteiger partial charge >= 0.3 is 0 Å². The molecule has 1 aromatic rings. The minimum Gasteiger partial charge on any atom is -0.482 e. The Kier molecular flexibility index (Phi) is 4.40. The van der Waals surface area contributed by atoms with Crippen molar-refractivity contribution in [3.05, 3.63) is 27.0 Å². The number of aromatic amines is 1. The molecule has 0 bridgehead atoms. The van der Waals surface area contributed by atoms with E-state index in [-0.39, 0.29) is 28.9 Å². The van der Waals surface area contributed by atoms with E-state index >= 15 is 0 Å². The van der Waals surface area contributed by atoms with Crippen LogP contribution in [0.2, 0.25) is 5.15 Å². The van der Waals surface area contributed by atoms with Crippen LogP contribution in [0.4, 0.5) is 0 Å². The Hall–Kier alpha value is -1.49. The van der Waals surface area contributed by atoms with Gasteiger partial charge in [0.1, 0.15) is 5.15 Å². The maximum atomic E-state index is 11.7. The monoisotopic (exact) mass is 272 g/mol. The number of nitrogens with one attached hydrogen (secondary N) is 2. The average molecular weight is 273 g/mol. The molecule has 1 aromatic heterocycles. The third-order valence-electron chi connectivity index (χ3n) is 2.37. The Bertz CT molecular complexity index is 503. The lowest BCUT2D eigenvalue weighted by atomic mass is 9.95. The van der Waals surface area contributed by atoms with Gasteiger partial charge in [0.25, 0.3) is 0 Å². The Morgan fingerprint density at radius 2 is 2.11 bits per heavy atom. The Morgan fingerprint density at radius 3 is 2.61 bits per heavy atom. The molecule has 1 heterocycles. The molecule has 0 saturated heterocycles. The van der Waals surface area contributed by atoms with Gasteiger partial charge < -0.3 is 15.0 Å². The lowest BCUT2D eigenvalue weighted by molar-refractivity contribution is -0.128. The van der Waals surface area contributed by atoms with Gasteiger partial charge in [-0.2, -0.15) is 0 Å². The lowest BCUT2D eigenvalue weighted by Crippen LogP contribution is -2.35. The van der Waals surface area contributed by atoms with Gasteiger partial charge in [-0.15, -0.1) is 0 Å². The van der Waals surface area contributed by atoms with Crippen LogP contribution in [0.25, 0.3) is 0 Å². The fourth-order valence-corrected chi connectivity index (χ4v) is 1.49. The first-order valence-corrected chi connectivity index (χ1v) is 5.87. The Labute approximate surface area is 110 Å². The van der Waals surface area contributed by atoms with E-state index in [1.165, 1.54) is 13.2 Å². The van der Waals surface area contributed by atoms with E-state index in [9.17, 15) is 9.59 Å². The van der Waals surface area contributed by atoms with Gasteiger partial charge in [0, 0.05) is 11.5 Å². The summed E-state index contributed by atoms with van der Waals surface area (Å²) in [7, 11) is 1.43. The third-order valence-corrected chi connectivity index (χ3v) is 2.58. The molecule has 0 aliphatic carbocycles. The van der Waals surface area contributed by atoms with Gasteiger partial charge in [-0.3, -0.25) is 9.59 Å². The SMILES string of the molecule is COc1[nH]c(Cl)cc(=O)c1CNC(=O)C(C)(C)C. The molecule has 0 unspecified atom stereocenters. The zero-order valence-electron chi connectivity index (χ0n) is 10.9. The maximum Gasteiger partial charge on any atom is 0.225 e. The van der Waals surface area contributed by atoms with Crippen molar-refractivity contribution in [1.82, 2.24) is 10.3 Å². The van der Waals surface area contributed by atoms with Crippen molar-refractivity contribution in [2.45, 2.75) is 27.3 Å². The van der Waals surface area contributed by atoms with Gasteiger partial charge in [-0.1, -0.05) is 32.4 Å². The molecule has 0 aliphatic rings. The van der Waals surface area contributed by atoms with Crippen molar-refractivity contribution >= 4 is 17.5 Å². The number of aromatic nitrogens is 1. The zero-order valence-corrected chi connectivity index (χ0v) is 11.6. The summed E-state index contributed by atoms with van der Waals surface area (Å²) < 4.78 is 5.03. The molecule has 0 radical (unpaired) electrons. The number of halogens is 1. The van der Waals surface area contributed by atoms with Gasteiger partial charge in [0.2, 0.25) is 11.8 Å². The molecule has 1 rings (SSSR count). The molecule has 5 nitrogen and oxygen atoms in total. The topological polar surface area (TPSA) is 71.2 Å². The molecule has 2 N–H and O–H groups in total. The van der Waals surface area contributed by atoms with Crippen molar-refractivity contribution < 1.29 is 9.53 Å². The summed E-state index contributed by atoms with van der Waals surface area (Å²) in [5.74, 6) is 0.126. The predicted octanol–water partition coefficient (Wildman–Crippen LogP) is 1.70. The quantitative estimate of drug-likeness (QED) is 0.823. The number of rotatable bonds is 3. The van der Waals surface area contributed by atoms with E-state index in [0.29, 0.717) is 5.56 Å². The Morgan fingerprint density at radius 1 is 1.50 bits per heavy atom. The highest BCUT2D eigenvalue weighted by Gasteiger charge is 2.21. The zero-order chi connectivity index (χ0) is 13.9. The van der Waals surface area contributed by atoms with Crippen LogP contribution in [0.5, 0.6) is 5.88 Å². The van der Waals surface area contributed by atoms with Crippen LogP contribution in [-0.4, -0.2) is 18.0 Å². The number of carbonyl (C=O) groups is 1. The van der Waals surface area contributed by atoms with Gasteiger partial charge in [-0.05, 0) is 0 Å². The highest BCUT2D eigenvalue weighted by molar-refractivity contribution is 6.29. The molecule has 0 saturated carbocycles. The number of pyridine rings is 1. The minimum absolute atomic E-state index is 0.103. The highest BCUT2D eigenvalue weighted by atomic mass is 35.5. The van der Waals surface area contributed by atoms with Gasteiger partial charge in [0.15, 0.2) is 5.43 Å². The van der Waals surface area contributed by atoms with E-state index in [1.54, 1.807) is 20.8 Å². The summed E-state index contributed by atoms with van der Waals surface area (Å²) in [6.45, 7) is 5.49. The summed E-state index contributed by atoms with van der Waals surface area (Å²) in [6, 6.07) is 1.25. The lowest BCUT2D eigenvalue weighted by Gasteiger charge is -2.18. The van der Waals surface area contributed by atoms with Crippen LogP contribution < -0.4 is 15.5 Å². The predicted molar refractivity (Wildman–Crippen MR) is 69.9 cm³/mol. The standard InChI is InChI=1S/C12H17ClN2O3/c1-12(2,3)11(17)14-6-7-8(16)5-9(13)15-10(7)18-4/h5H,6H2,1-4H3,(H,14,17)(H,15,16). The maximum absolute atomic E-state index is 11.7. The van der Waals surface area contributed by atoms with Crippen molar-refractivity contribution in [2.24, 2.45) is 5.41 Å². The summed E-state index contributed by atoms with van der Waals surface area (Å²) >= 11 is 5.71. The molecule has 100 valence electrons. The summed E-state index contributed by atoms with van der Waals surface area (Å²) in [4.78, 5) is 26.2. The molecule has 0 aromatic carbocycles. The van der Waals surface area contributed by atoms with Gasteiger partial charge in [-0.25, -0.2) is 0 Å². The first-order valence-electron chi connectivity index (χ1n) is 5.49. The third kappa shape index (κ3) is 3.50. The second-order valence-corrected chi connectivity index (χ2v) is 5.33. The second-order valence-electron chi connectivity index (χ2n) is 4.93. The van der Waals surface area contributed by atoms with E-state index in [4.69, 9.17) is 16.3 Å². The highest BCUT2D eigenvalue weighted by Crippen LogP contribution is 2.16. The number of ether oxygens (including phenoxy) is 1. The summed E-state index contributed by atoms with van der Waals surface area (Å²) in [5, 5.41) is 2.89. The van der Waals surface area contributed by atoms with Crippen molar-refractivity contribution in [3.8, 4) is 5.88 Å². The molecule has 1 amide bonds. The molecule has 0 aliphatic heterocycles. The minimum atomic E-state index is -0.508. The number of hydrogen-bond donors (Lipinski definition) is 2. The fraction of sp³-hybridized carbons (Fsp3) is 0.500. The molecule has 6 heteroatoms. The molecular formula is C12H17ClN2O3. The van der Waals surface area contributed by atoms with Crippen molar-refractivity contribution in [2.75, 3.05) is 7.11 Å². The molecular weight excluding hydrogens is 256 g/mol. The van der Waals surface area contributed by atoms with Crippen LogP contribution in [0.3, 0.4) is 0 Å². The first-order chi connectivity index (χ1) is 8.25. The Balaban J connectivity index is 2.92. The number of methoxy groups -OCH3 is 1. The smallest absolute Gasteiger partial charge is 0.225 e. The van der Waals surface area contributed by atoms with E-state index in [0.717, 1.165) is 0 Å². The fourth-order valence-electron chi connectivity index (χ4n) is 1.31. The average Bonchev–Trinajstić information content (AvgIpc) is 2.25. The molecule has 0 spiro atoms. The summed E-state index contributed by atoms with van der Waals surface area (Å²) in [5.41, 5.74) is -0.434. The van der Waals surface area contributed by atoms with Crippen molar-refractivity contribution in [3.63, 3.8) is 0 Å². The van der Waals surface area contributed by atoms with E-state index in [1.807, 2.05) is 0 Å². The van der Waals surface area contributed by atoms with Crippen molar-refractivity contribution in [1.29, 1.82) is 0 Å². The van der Waals surface area contributed by atoms with Crippen LogP contribution in [0.15, 0.2) is 10.9 Å². The summed E-state index contributed by atoms with van der Waals surface area (Å²) in [6.07, 6.45) is 0.